The fraction of sp³-hybridized carbons (Fsp3) is 0.857. The van der Waals surface area contributed by atoms with Gasteiger partial charge in [0.25, 0.3) is 0 Å². The lowest BCUT2D eigenvalue weighted by molar-refractivity contribution is 0.0136. The van der Waals surface area contributed by atoms with Gasteiger partial charge in [-0.15, -0.1) is 0 Å². The predicted molar refractivity (Wildman–Crippen MR) is 143 cm³/mol. The summed E-state index contributed by atoms with van der Waals surface area (Å²) in [5, 5.41) is 5.01. The molecule has 34 heavy (non-hydrogen) atoms. The summed E-state index contributed by atoms with van der Waals surface area (Å²) in [6.07, 6.45) is 9.21. The average molecular weight is 493 g/mol. The normalized spacial score (nSPS) is 30.4. The first-order valence-electron chi connectivity index (χ1n) is 13.8. The summed E-state index contributed by atoms with van der Waals surface area (Å²) in [7, 11) is 0. The van der Waals surface area contributed by atoms with Crippen molar-refractivity contribution in [2.45, 2.75) is 59.4 Å². The van der Waals surface area contributed by atoms with Gasteiger partial charge in [-0.3, -0.25) is 9.80 Å². The van der Waals surface area contributed by atoms with E-state index >= 15 is 0 Å². The zero-order chi connectivity index (χ0) is 24.1. The first-order valence-corrected chi connectivity index (χ1v) is 14.2. The van der Waals surface area contributed by atoms with E-state index in [1.54, 1.807) is 5.57 Å². The number of nitrogens with zero attached hydrogens (tertiary/aromatic N) is 3. The van der Waals surface area contributed by atoms with Crippen LogP contribution in [0.25, 0.3) is 0 Å². The van der Waals surface area contributed by atoms with Crippen molar-refractivity contribution in [3.8, 4) is 0 Å². The fourth-order valence-corrected chi connectivity index (χ4v) is 6.73. The van der Waals surface area contributed by atoms with Crippen LogP contribution in [0.15, 0.2) is 22.8 Å². The number of halogens is 1. The van der Waals surface area contributed by atoms with E-state index in [4.69, 9.17) is 16.3 Å². The van der Waals surface area contributed by atoms with Gasteiger partial charge in [0.15, 0.2) is 0 Å². The second-order valence-electron chi connectivity index (χ2n) is 12.3. The molecule has 3 heterocycles. The van der Waals surface area contributed by atoms with E-state index in [1.165, 1.54) is 45.6 Å². The summed E-state index contributed by atoms with van der Waals surface area (Å²) < 4.78 is 5.50. The van der Waals surface area contributed by atoms with E-state index in [9.17, 15) is 0 Å². The number of ether oxygens (including phenoxy) is 1. The molecule has 0 amide bonds. The molecule has 1 aliphatic carbocycles. The van der Waals surface area contributed by atoms with Crippen molar-refractivity contribution in [2.24, 2.45) is 23.2 Å². The Morgan fingerprint density at radius 1 is 1.03 bits per heavy atom. The molecular formula is C28H49ClN4O. The summed E-state index contributed by atoms with van der Waals surface area (Å²) in [5.41, 5.74) is 1.93. The van der Waals surface area contributed by atoms with Crippen LogP contribution in [0, 0.1) is 23.2 Å². The van der Waals surface area contributed by atoms with Gasteiger partial charge in [-0.2, -0.15) is 0 Å². The summed E-state index contributed by atoms with van der Waals surface area (Å²) >= 11 is 6.22. The largest absolute Gasteiger partial charge is 0.379 e. The molecule has 0 saturated carbocycles. The van der Waals surface area contributed by atoms with E-state index in [0.717, 1.165) is 63.3 Å². The number of morpholine rings is 1. The van der Waals surface area contributed by atoms with Crippen molar-refractivity contribution in [3.63, 3.8) is 0 Å². The van der Waals surface area contributed by atoms with Crippen LogP contribution < -0.4 is 5.32 Å². The molecule has 1 N–H and O–H groups in total. The minimum atomic E-state index is 0.314. The highest BCUT2D eigenvalue weighted by Gasteiger charge is 2.38. The molecule has 3 atom stereocenters. The van der Waals surface area contributed by atoms with E-state index in [-0.39, 0.29) is 0 Å². The molecule has 3 saturated heterocycles. The van der Waals surface area contributed by atoms with E-state index in [0.29, 0.717) is 23.3 Å². The van der Waals surface area contributed by atoms with Crippen LogP contribution in [-0.4, -0.2) is 93.0 Å². The second kappa shape index (κ2) is 12.2. The highest BCUT2D eigenvalue weighted by atomic mass is 35.5. The number of allylic oxidation sites excluding steroid dienone is 4. The van der Waals surface area contributed by atoms with Gasteiger partial charge in [0.2, 0.25) is 0 Å². The molecule has 0 unspecified atom stereocenters. The Kier molecular flexibility index (Phi) is 9.56. The fourth-order valence-electron chi connectivity index (χ4n) is 6.57. The maximum Gasteiger partial charge on any atom is 0.0594 e. The smallest absolute Gasteiger partial charge is 0.0594 e. The monoisotopic (exact) mass is 492 g/mol. The molecule has 0 bridgehead atoms. The van der Waals surface area contributed by atoms with Crippen LogP contribution >= 0.6 is 11.6 Å². The molecule has 0 aromatic heterocycles. The third kappa shape index (κ3) is 7.30. The summed E-state index contributed by atoms with van der Waals surface area (Å²) in [4.78, 5) is 7.94. The molecule has 5 nitrogen and oxygen atoms in total. The average Bonchev–Trinajstić information content (AvgIpc) is 3.24. The molecule has 0 aromatic rings. The predicted octanol–water partition coefficient (Wildman–Crippen LogP) is 4.40. The Balaban J connectivity index is 1.23. The quantitative estimate of drug-likeness (QED) is 0.515. The number of likely N-dealkylation sites (tertiary alicyclic amines) is 2. The van der Waals surface area contributed by atoms with Crippen molar-refractivity contribution in [1.82, 2.24) is 20.0 Å². The number of rotatable bonds is 9. The van der Waals surface area contributed by atoms with Gasteiger partial charge in [-0.25, -0.2) is 0 Å². The first kappa shape index (κ1) is 26.6. The Hall–Kier alpha value is -0.430. The van der Waals surface area contributed by atoms with Crippen LogP contribution in [0.5, 0.6) is 0 Å². The number of hydrogen-bond acceptors (Lipinski definition) is 5. The lowest BCUT2D eigenvalue weighted by Crippen LogP contribution is -2.52. The SMILES string of the molecule is CC(C)[C@H](CN1CC[C@H](C2=CC=C(Cl)CC2)C(C)(C)C1)NC[C@@H]1CCN(CN2CCOCC2)C1. The minimum absolute atomic E-state index is 0.314. The molecular weight excluding hydrogens is 444 g/mol. The minimum Gasteiger partial charge on any atom is -0.379 e. The van der Waals surface area contributed by atoms with Crippen molar-refractivity contribution < 1.29 is 4.74 Å². The van der Waals surface area contributed by atoms with Crippen molar-refractivity contribution in [1.29, 1.82) is 0 Å². The molecule has 3 fully saturated rings. The Morgan fingerprint density at radius 3 is 2.47 bits per heavy atom. The lowest BCUT2D eigenvalue weighted by atomic mass is 9.68. The standard InChI is InChI=1S/C28H49ClN4O/c1-22(2)27(30-17-23-9-11-33(18-23)21-31-13-15-34-16-14-31)19-32-12-10-26(28(3,4)20-32)24-5-7-25(29)8-6-24/h5,7,22-23,26-27,30H,6,8-21H2,1-4H3/t23-,26+,27-/m0/s1. The van der Waals surface area contributed by atoms with Crippen LogP contribution in [-0.2, 0) is 4.74 Å². The number of piperidine rings is 1. The molecule has 0 radical (unpaired) electrons. The van der Waals surface area contributed by atoms with Crippen LogP contribution in [0.1, 0.15) is 53.4 Å². The van der Waals surface area contributed by atoms with Gasteiger partial charge >= 0.3 is 0 Å². The Labute approximate surface area is 213 Å². The van der Waals surface area contributed by atoms with E-state index < -0.39 is 0 Å². The third-order valence-corrected chi connectivity index (χ3v) is 9.00. The first-order chi connectivity index (χ1) is 16.3. The highest BCUT2D eigenvalue weighted by molar-refractivity contribution is 6.29. The number of hydrogen-bond donors (Lipinski definition) is 1. The highest BCUT2D eigenvalue weighted by Crippen LogP contribution is 2.42. The van der Waals surface area contributed by atoms with Gasteiger partial charge in [0, 0.05) is 43.8 Å². The zero-order valence-electron chi connectivity index (χ0n) is 22.2. The maximum absolute atomic E-state index is 6.22. The molecule has 194 valence electrons. The van der Waals surface area contributed by atoms with Gasteiger partial charge < -0.3 is 15.0 Å². The Morgan fingerprint density at radius 2 is 1.79 bits per heavy atom. The third-order valence-electron chi connectivity index (χ3n) is 8.69. The summed E-state index contributed by atoms with van der Waals surface area (Å²) in [6.45, 7) is 22.0. The lowest BCUT2D eigenvalue weighted by Gasteiger charge is -2.47. The van der Waals surface area contributed by atoms with Crippen molar-refractivity contribution >= 4 is 11.6 Å². The van der Waals surface area contributed by atoms with Crippen molar-refractivity contribution in [2.75, 3.05) is 72.2 Å². The second-order valence-corrected chi connectivity index (χ2v) is 12.8. The maximum atomic E-state index is 6.22. The summed E-state index contributed by atoms with van der Waals surface area (Å²) in [5.74, 6) is 2.12. The van der Waals surface area contributed by atoms with Gasteiger partial charge in [-0.1, -0.05) is 50.9 Å². The topological polar surface area (TPSA) is 31.0 Å². The van der Waals surface area contributed by atoms with E-state index in [1.807, 2.05) is 0 Å². The molecule has 4 rings (SSSR count). The molecule has 3 aliphatic heterocycles. The molecule has 4 aliphatic rings. The van der Waals surface area contributed by atoms with Gasteiger partial charge in [-0.05, 0) is 74.6 Å². The van der Waals surface area contributed by atoms with Crippen LogP contribution in [0.3, 0.4) is 0 Å². The Bertz CT molecular complexity index is 715. The molecule has 6 heteroatoms. The van der Waals surface area contributed by atoms with E-state index in [2.05, 4.69) is 59.9 Å². The molecule has 0 spiro atoms. The van der Waals surface area contributed by atoms with Gasteiger partial charge in [0.05, 0.1) is 19.9 Å². The number of nitrogens with one attached hydrogen (secondary N) is 1. The van der Waals surface area contributed by atoms with Crippen LogP contribution in [0.4, 0.5) is 0 Å². The molecule has 0 aromatic carbocycles. The summed E-state index contributed by atoms with van der Waals surface area (Å²) in [6, 6.07) is 0.566. The van der Waals surface area contributed by atoms with Gasteiger partial charge in [0.1, 0.15) is 0 Å². The zero-order valence-corrected chi connectivity index (χ0v) is 23.0. The van der Waals surface area contributed by atoms with Crippen LogP contribution in [0.2, 0.25) is 0 Å². The van der Waals surface area contributed by atoms with Crippen molar-refractivity contribution in [3.05, 3.63) is 22.8 Å².